The van der Waals surface area contributed by atoms with Crippen molar-refractivity contribution < 1.29 is 9.50 Å². The Bertz CT molecular complexity index is 372. The third-order valence-corrected chi connectivity index (χ3v) is 3.54. The van der Waals surface area contributed by atoms with E-state index in [4.69, 9.17) is 0 Å². The number of nitrogens with one attached hydrogen (secondary N) is 1. The van der Waals surface area contributed by atoms with Crippen LogP contribution in [-0.4, -0.2) is 17.3 Å². The zero-order chi connectivity index (χ0) is 11.5. The van der Waals surface area contributed by atoms with Crippen LogP contribution in [0.1, 0.15) is 24.8 Å². The molecule has 0 aromatic heterocycles. The maximum Gasteiger partial charge on any atom is 0.128 e. The van der Waals surface area contributed by atoms with Crippen LogP contribution in [0.2, 0.25) is 0 Å². The standard InChI is InChI=1S/C12H15BrFNO/c13-9-5-4-8(10(14)6-9)7-15-11-2-1-3-12(11)16/h4-6,11-12,15-16H,1-3,7H2. The lowest BCUT2D eigenvalue weighted by molar-refractivity contribution is 0.148. The molecule has 0 saturated heterocycles. The number of aliphatic hydroxyl groups is 1. The van der Waals surface area contributed by atoms with Gasteiger partial charge in [-0.3, -0.25) is 0 Å². The van der Waals surface area contributed by atoms with Crippen molar-refractivity contribution in [1.29, 1.82) is 0 Å². The third-order valence-electron chi connectivity index (χ3n) is 3.05. The van der Waals surface area contributed by atoms with Crippen LogP contribution >= 0.6 is 15.9 Å². The zero-order valence-corrected chi connectivity index (χ0v) is 10.5. The Morgan fingerprint density at radius 1 is 1.44 bits per heavy atom. The number of rotatable bonds is 3. The molecule has 1 aliphatic rings. The van der Waals surface area contributed by atoms with E-state index in [1.54, 1.807) is 6.07 Å². The number of hydrogen-bond acceptors (Lipinski definition) is 2. The number of hydrogen-bond donors (Lipinski definition) is 2. The Morgan fingerprint density at radius 3 is 2.88 bits per heavy atom. The van der Waals surface area contributed by atoms with Crippen LogP contribution in [0.25, 0.3) is 0 Å². The van der Waals surface area contributed by atoms with Crippen molar-refractivity contribution in [3.8, 4) is 0 Å². The Labute approximate surface area is 103 Å². The van der Waals surface area contributed by atoms with E-state index in [-0.39, 0.29) is 18.0 Å². The van der Waals surface area contributed by atoms with Gasteiger partial charge in [-0.05, 0) is 31.4 Å². The lowest BCUT2D eigenvalue weighted by Gasteiger charge is -2.16. The molecule has 0 heterocycles. The van der Waals surface area contributed by atoms with Gasteiger partial charge >= 0.3 is 0 Å². The summed E-state index contributed by atoms with van der Waals surface area (Å²) in [5.41, 5.74) is 0.641. The van der Waals surface area contributed by atoms with Crippen molar-refractivity contribution >= 4 is 15.9 Å². The maximum atomic E-state index is 13.5. The monoisotopic (exact) mass is 287 g/mol. The number of benzene rings is 1. The summed E-state index contributed by atoms with van der Waals surface area (Å²) >= 11 is 3.22. The van der Waals surface area contributed by atoms with E-state index in [9.17, 15) is 9.50 Å². The molecular weight excluding hydrogens is 273 g/mol. The van der Waals surface area contributed by atoms with Crippen LogP contribution in [0, 0.1) is 5.82 Å². The second kappa shape index (κ2) is 5.25. The highest BCUT2D eigenvalue weighted by Crippen LogP contribution is 2.20. The summed E-state index contributed by atoms with van der Waals surface area (Å²) in [4.78, 5) is 0. The van der Waals surface area contributed by atoms with E-state index < -0.39 is 0 Å². The van der Waals surface area contributed by atoms with Crippen molar-refractivity contribution in [3.63, 3.8) is 0 Å². The molecular formula is C12H15BrFNO. The molecule has 0 bridgehead atoms. The second-order valence-electron chi connectivity index (χ2n) is 4.22. The molecule has 0 aliphatic heterocycles. The number of halogens is 2. The minimum atomic E-state index is -0.279. The second-order valence-corrected chi connectivity index (χ2v) is 5.14. The molecule has 16 heavy (non-hydrogen) atoms. The molecule has 2 atom stereocenters. The lowest BCUT2D eigenvalue weighted by atomic mass is 10.1. The molecule has 1 saturated carbocycles. The molecule has 1 aromatic carbocycles. The molecule has 2 N–H and O–H groups in total. The van der Waals surface area contributed by atoms with Crippen LogP contribution in [0.3, 0.4) is 0 Å². The van der Waals surface area contributed by atoms with Gasteiger partial charge in [0, 0.05) is 22.6 Å². The normalized spacial score (nSPS) is 24.9. The summed E-state index contributed by atoms with van der Waals surface area (Å²) in [5, 5.41) is 12.8. The first-order chi connectivity index (χ1) is 7.66. The lowest BCUT2D eigenvalue weighted by Crippen LogP contribution is -2.35. The minimum Gasteiger partial charge on any atom is -0.392 e. The predicted molar refractivity (Wildman–Crippen MR) is 64.6 cm³/mol. The van der Waals surface area contributed by atoms with E-state index in [0.717, 1.165) is 23.7 Å². The van der Waals surface area contributed by atoms with Crippen LogP contribution < -0.4 is 5.32 Å². The van der Waals surface area contributed by atoms with Crippen LogP contribution in [0.15, 0.2) is 22.7 Å². The molecule has 1 aromatic rings. The fraction of sp³-hybridized carbons (Fsp3) is 0.500. The summed E-state index contributed by atoms with van der Waals surface area (Å²) in [7, 11) is 0. The Kier molecular flexibility index (Phi) is 3.95. The van der Waals surface area contributed by atoms with Gasteiger partial charge in [0.2, 0.25) is 0 Å². The smallest absolute Gasteiger partial charge is 0.128 e. The van der Waals surface area contributed by atoms with E-state index in [1.807, 2.05) is 6.07 Å². The van der Waals surface area contributed by atoms with E-state index in [0.29, 0.717) is 12.1 Å². The molecule has 2 nitrogen and oxygen atoms in total. The summed E-state index contributed by atoms with van der Waals surface area (Å²) in [6.45, 7) is 0.473. The highest BCUT2D eigenvalue weighted by molar-refractivity contribution is 9.10. The highest BCUT2D eigenvalue weighted by atomic mass is 79.9. The van der Waals surface area contributed by atoms with Gasteiger partial charge in [-0.15, -0.1) is 0 Å². The third kappa shape index (κ3) is 2.81. The highest BCUT2D eigenvalue weighted by Gasteiger charge is 2.24. The summed E-state index contributed by atoms with van der Waals surface area (Å²) in [6.07, 6.45) is 2.58. The molecule has 88 valence electrons. The van der Waals surface area contributed by atoms with Gasteiger partial charge in [0.1, 0.15) is 5.82 Å². The molecule has 0 spiro atoms. The Morgan fingerprint density at radius 2 is 2.25 bits per heavy atom. The molecule has 2 rings (SSSR count). The van der Waals surface area contributed by atoms with E-state index in [2.05, 4.69) is 21.2 Å². The summed E-state index contributed by atoms with van der Waals surface area (Å²) in [6, 6.07) is 5.16. The molecule has 4 heteroatoms. The van der Waals surface area contributed by atoms with Gasteiger partial charge in [0.15, 0.2) is 0 Å². The maximum absolute atomic E-state index is 13.5. The fourth-order valence-electron chi connectivity index (χ4n) is 2.08. The van der Waals surface area contributed by atoms with Crippen molar-refractivity contribution in [1.82, 2.24) is 5.32 Å². The first kappa shape index (κ1) is 12.0. The first-order valence-electron chi connectivity index (χ1n) is 5.52. The SMILES string of the molecule is OC1CCCC1NCc1ccc(Br)cc1F. The van der Waals surface area contributed by atoms with Gasteiger partial charge in [-0.1, -0.05) is 22.0 Å². The van der Waals surface area contributed by atoms with Crippen molar-refractivity contribution in [2.75, 3.05) is 0 Å². The van der Waals surface area contributed by atoms with E-state index in [1.165, 1.54) is 6.07 Å². The van der Waals surface area contributed by atoms with Crippen LogP contribution in [0.5, 0.6) is 0 Å². The topological polar surface area (TPSA) is 32.3 Å². The minimum absolute atomic E-state index is 0.114. The van der Waals surface area contributed by atoms with Gasteiger partial charge in [-0.2, -0.15) is 0 Å². The van der Waals surface area contributed by atoms with Gasteiger partial charge in [-0.25, -0.2) is 4.39 Å². The van der Waals surface area contributed by atoms with E-state index >= 15 is 0 Å². The van der Waals surface area contributed by atoms with Gasteiger partial charge in [0.25, 0.3) is 0 Å². The molecule has 1 aliphatic carbocycles. The molecule has 1 fully saturated rings. The summed E-state index contributed by atoms with van der Waals surface area (Å²) in [5.74, 6) is -0.214. The largest absolute Gasteiger partial charge is 0.392 e. The average Bonchev–Trinajstić information content (AvgIpc) is 2.63. The fourth-order valence-corrected chi connectivity index (χ4v) is 2.42. The van der Waals surface area contributed by atoms with Crippen LogP contribution in [0.4, 0.5) is 4.39 Å². The Hall–Kier alpha value is -0.450. The quantitative estimate of drug-likeness (QED) is 0.896. The molecule has 0 radical (unpaired) electrons. The molecule has 2 unspecified atom stereocenters. The summed E-state index contributed by atoms with van der Waals surface area (Å²) < 4.78 is 14.2. The zero-order valence-electron chi connectivity index (χ0n) is 8.92. The number of aliphatic hydroxyl groups excluding tert-OH is 1. The Balaban J connectivity index is 1.94. The van der Waals surface area contributed by atoms with Gasteiger partial charge in [0.05, 0.1) is 6.10 Å². The van der Waals surface area contributed by atoms with Crippen molar-refractivity contribution in [2.45, 2.75) is 38.0 Å². The van der Waals surface area contributed by atoms with Crippen molar-refractivity contribution in [3.05, 3.63) is 34.1 Å². The average molecular weight is 288 g/mol. The van der Waals surface area contributed by atoms with Crippen molar-refractivity contribution in [2.24, 2.45) is 0 Å². The van der Waals surface area contributed by atoms with Gasteiger partial charge < -0.3 is 10.4 Å². The first-order valence-corrected chi connectivity index (χ1v) is 6.31. The molecule has 0 amide bonds. The predicted octanol–water partition coefficient (Wildman–Crippen LogP) is 2.59. The van der Waals surface area contributed by atoms with Crippen LogP contribution in [-0.2, 0) is 6.54 Å².